The molecule has 1 rings (SSSR count). The van der Waals surface area contributed by atoms with Crippen molar-refractivity contribution in [3.05, 3.63) is 35.4 Å². The molecule has 2 atom stereocenters. The molecule has 0 aliphatic carbocycles. The molecule has 1 aromatic carbocycles. The van der Waals surface area contributed by atoms with Gasteiger partial charge in [-0.25, -0.2) is 0 Å². The summed E-state index contributed by atoms with van der Waals surface area (Å²) in [5.41, 5.74) is 2.93. The number of rotatable bonds is 6. The molecule has 0 amide bonds. The van der Waals surface area contributed by atoms with Crippen LogP contribution in [0.3, 0.4) is 0 Å². The van der Waals surface area contributed by atoms with Crippen LogP contribution in [0.1, 0.15) is 58.7 Å². The van der Waals surface area contributed by atoms with Gasteiger partial charge in [0.2, 0.25) is 0 Å². The Bertz CT molecular complexity index is 364. The van der Waals surface area contributed by atoms with Gasteiger partial charge in [-0.3, -0.25) is 0 Å². The minimum absolute atomic E-state index is 0.220. The summed E-state index contributed by atoms with van der Waals surface area (Å²) >= 11 is 0. The second kappa shape index (κ2) is 7.06. The first-order chi connectivity index (χ1) is 8.84. The third-order valence-corrected chi connectivity index (χ3v) is 3.38. The Morgan fingerprint density at radius 2 is 1.68 bits per heavy atom. The van der Waals surface area contributed by atoms with Gasteiger partial charge in [0.1, 0.15) is 0 Å². The molecular weight excluding hydrogens is 234 g/mol. The minimum Gasteiger partial charge on any atom is -0.380 e. The molecule has 1 aromatic rings. The first-order valence-corrected chi connectivity index (χ1v) is 7.28. The van der Waals surface area contributed by atoms with E-state index < -0.39 is 0 Å². The van der Waals surface area contributed by atoms with Crippen molar-refractivity contribution in [3.8, 4) is 0 Å². The molecule has 108 valence electrons. The molecule has 0 fully saturated rings. The van der Waals surface area contributed by atoms with Gasteiger partial charge < -0.3 is 10.1 Å². The summed E-state index contributed by atoms with van der Waals surface area (Å²) < 4.78 is 5.43. The van der Waals surface area contributed by atoms with E-state index in [1.807, 2.05) is 6.92 Å². The van der Waals surface area contributed by atoms with Crippen molar-refractivity contribution in [2.45, 2.75) is 59.0 Å². The first-order valence-electron chi connectivity index (χ1n) is 7.28. The van der Waals surface area contributed by atoms with Crippen LogP contribution >= 0.6 is 0 Å². The Balaban J connectivity index is 2.60. The third-order valence-electron chi connectivity index (χ3n) is 3.38. The molecule has 0 aliphatic rings. The molecule has 0 bridgehead atoms. The van der Waals surface area contributed by atoms with Crippen LogP contribution in [0.25, 0.3) is 0 Å². The lowest BCUT2D eigenvalue weighted by Gasteiger charge is -2.22. The maximum absolute atomic E-state index is 5.43. The second-order valence-corrected chi connectivity index (χ2v) is 6.32. The van der Waals surface area contributed by atoms with Crippen LogP contribution in [-0.2, 0) is 10.2 Å². The van der Waals surface area contributed by atoms with Crippen molar-refractivity contribution in [1.29, 1.82) is 0 Å². The standard InChI is InChI=1S/C17H29NO/c1-7-19-12-13(2)18-14(3)15-8-10-16(11-9-15)17(4,5)6/h8-11,13-14,18H,7,12H2,1-6H3. The predicted octanol–water partition coefficient (Wildman–Crippen LogP) is 4.06. The summed E-state index contributed by atoms with van der Waals surface area (Å²) in [6, 6.07) is 9.65. The number of ether oxygens (including phenoxy) is 1. The zero-order chi connectivity index (χ0) is 14.5. The van der Waals surface area contributed by atoms with Gasteiger partial charge in [-0.05, 0) is 37.3 Å². The molecule has 2 nitrogen and oxygen atoms in total. The highest BCUT2D eigenvalue weighted by Gasteiger charge is 2.14. The smallest absolute Gasteiger partial charge is 0.0616 e. The number of hydrogen-bond donors (Lipinski definition) is 1. The van der Waals surface area contributed by atoms with E-state index >= 15 is 0 Å². The summed E-state index contributed by atoms with van der Waals surface area (Å²) in [5.74, 6) is 0. The molecule has 0 radical (unpaired) electrons. The van der Waals surface area contributed by atoms with Gasteiger partial charge in [0.15, 0.2) is 0 Å². The average molecular weight is 263 g/mol. The fraction of sp³-hybridized carbons (Fsp3) is 0.647. The van der Waals surface area contributed by atoms with E-state index in [1.54, 1.807) is 0 Å². The zero-order valence-corrected chi connectivity index (χ0v) is 13.3. The van der Waals surface area contributed by atoms with Crippen LogP contribution in [0.15, 0.2) is 24.3 Å². The lowest BCUT2D eigenvalue weighted by atomic mass is 9.86. The van der Waals surface area contributed by atoms with E-state index in [1.165, 1.54) is 11.1 Å². The Kier molecular flexibility index (Phi) is 6.02. The van der Waals surface area contributed by atoms with Crippen LogP contribution in [0.5, 0.6) is 0 Å². The molecule has 0 saturated carbocycles. The molecular formula is C17H29NO. The normalized spacial score (nSPS) is 15.3. The maximum Gasteiger partial charge on any atom is 0.0616 e. The number of benzene rings is 1. The highest BCUT2D eigenvalue weighted by Crippen LogP contribution is 2.23. The largest absolute Gasteiger partial charge is 0.380 e. The number of hydrogen-bond acceptors (Lipinski definition) is 2. The second-order valence-electron chi connectivity index (χ2n) is 6.32. The fourth-order valence-corrected chi connectivity index (χ4v) is 2.14. The summed E-state index contributed by atoms with van der Waals surface area (Å²) in [6.45, 7) is 14.7. The first kappa shape index (κ1) is 16.2. The van der Waals surface area contributed by atoms with Crippen molar-refractivity contribution < 1.29 is 4.74 Å². The van der Waals surface area contributed by atoms with Crippen LogP contribution in [-0.4, -0.2) is 19.3 Å². The van der Waals surface area contributed by atoms with E-state index in [-0.39, 0.29) is 5.41 Å². The van der Waals surface area contributed by atoms with Gasteiger partial charge in [-0.1, -0.05) is 45.0 Å². The predicted molar refractivity (Wildman–Crippen MR) is 82.6 cm³/mol. The summed E-state index contributed by atoms with van der Waals surface area (Å²) in [6.07, 6.45) is 0. The van der Waals surface area contributed by atoms with Crippen LogP contribution in [0, 0.1) is 0 Å². The molecule has 0 aliphatic heterocycles. The highest BCUT2D eigenvalue weighted by atomic mass is 16.5. The molecule has 0 saturated heterocycles. The Morgan fingerprint density at radius 3 is 2.16 bits per heavy atom. The van der Waals surface area contributed by atoms with E-state index in [0.29, 0.717) is 12.1 Å². The van der Waals surface area contributed by atoms with Crippen molar-refractivity contribution in [3.63, 3.8) is 0 Å². The molecule has 19 heavy (non-hydrogen) atoms. The van der Waals surface area contributed by atoms with E-state index in [2.05, 4.69) is 64.2 Å². The van der Waals surface area contributed by atoms with E-state index in [4.69, 9.17) is 4.74 Å². The highest BCUT2D eigenvalue weighted by molar-refractivity contribution is 5.29. The summed E-state index contributed by atoms with van der Waals surface area (Å²) in [4.78, 5) is 0. The van der Waals surface area contributed by atoms with Crippen molar-refractivity contribution in [2.24, 2.45) is 0 Å². The Labute approximate surface area is 118 Å². The summed E-state index contributed by atoms with van der Waals surface area (Å²) in [5, 5.41) is 3.56. The quantitative estimate of drug-likeness (QED) is 0.835. The maximum atomic E-state index is 5.43. The minimum atomic E-state index is 0.220. The van der Waals surface area contributed by atoms with Gasteiger partial charge in [-0.15, -0.1) is 0 Å². The molecule has 2 unspecified atom stereocenters. The molecule has 0 spiro atoms. The summed E-state index contributed by atoms with van der Waals surface area (Å²) in [7, 11) is 0. The zero-order valence-electron chi connectivity index (χ0n) is 13.3. The lowest BCUT2D eigenvalue weighted by molar-refractivity contribution is 0.124. The average Bonchev–Trinajstić information content (AvgIpc) is 2.35. The lowest BCUT2D eigenvalue weighted by Crippen LogP contribution is -2.32. The van der Waals surface area contributed by atoms with Crippen LogP contribution in [0.2, 0.25) is 0 Å². The molecule has 2 heteroatoms. The van der Waals surface area contributed by atoms with Gasteiger partial charge >= 0.3 is 0 Å². The van der Waals surface area contributed by atoms with Gasteiger partial charge in [0.05, 0.1) is 6.61 Å². The van der Waals surface area contributed by atoms with Crippen molar-refractivity contribution >= 4 is 0 Å². The Hall–Kier alpha value is -0.860. The fourth-order valence-electron chi connectivity index (χ4n) is 2.14. The topological polar surface area (TPSA) is 21.3 Å². The van der Waals surface area contributed by atoms with Gasteiger partial charge in [0.25, 0.3) is 0 Å². The van der Waals surface area contributed by atoms with Gasteiger partial charge in [0, 0.05) is 18.7 Å². The third kappa shape index (κ3) is 5.33. The SMILES string of the molecule is CCOCC(C)NC(C)c1ccc(C(C)(C)C)cc1. The molecule has 1 N–H and O–H groups in total. The van der Waals surface area contributed by atoms with Crippen molar-refractivity contribution in [2.75, 3.05) is 13.2 Å². The van der Waals surface area contributed by atoms with Gasteiger partial charge in [-0.2, -0.15) is 0 Å². The Morgan fingerprint density at radius 1 is 1.11 bits per heavy atom. The van der Waals surface area contributed by atoms with E-state index in [9.17, 15) is 0 Å². The molecule has 0 aromatic heterocycles. The van der Waals surface area contributed by atoms with E-state index in [0.717, 1.165) is 13.2 Å². The van der Waals surface area contributed by atoms with Crippen molar-refractivity contribution in [1.82, 2.24) is 5.32 Å². The van der Waals surface area contributed by atoms with Crippen LogP contribution < -0.4 is 5.32 Å². The molecule has 0 heterocycles. The monoisotopic (exact) mass is 263 g/mol. The number of nitrogens with one attached hydrogen (secondary N) is 1. The van der Waals surface area contributed by atoms with Crippen LogP contribution in [0.4, 0.5) is 0 Å².